The summed E-state index contributed by atoms with van der Waals surface area (Å²) in [5, 5.41) is 3.46. The van der Waals surface area contributed by atoms with E-state index in [-0.39, 0.29) is 5.41 Å². The van der Waals surface area contributed by atoms with Crippen molar-refractivity contribution in [2.45, 2.75) is 19.3 Å². The van der Waals surface area contributed by atoms with Crippen molar-refractivity contribution >= 4 is 11.6 Å². The second kappa shape index (κ2) is 7.60. The Balaban J connectivity index is 1.44. The Kier molecular flexibility index (Phi) is 5.03. The first-order valence-corrected chi connectivity index (χ1v) is 9.41. The summed E-state index contributed by atoms with van der Waals surface area (Å²) in [6, 6.07) is 8.18. The largest absolute Gasteiger partial charge is 0.486 e. The third kappa shape index (κ3) is 4.08. The van der Waals surface area contributed by atoms with Crippen LogP contribution in [0.1, 0.15) is 19.4 Å². The number of benzene rings is 1. The lowest BCUT2D eigenvalue weighted by Crippen LogP contribution is -2.36. The maximum atomic E-state index is 5.72. The average Bonchev–Trinajstić information content (AvgIpc) is 2.73. The lowest BCUT2D eigenvalue weighted by Gasteiger charge is -2.29. The fraction of sp³-hybridized carbons (Fsp3) is 0.500. The van der Waals surface area contributed by atoms with Crippen molar-refractivity contribution in [2.24, 2.45) is 0 Å². The number of hydrogen-bond donors (Lipinski definition) is 1. The number of hydrogen-bond acceptors (Lipinski definition) is 7. The third-order valence-corrected chi connectivity index (χ3v) is 5.02. The molecule has 1 aromatic carbocycles. The van der Waals surface area contributed by atoms with Crippen LogP contribution in [0.4, 0.5) is 11.6 Å². The molecule has 7 heteroatoms. The Bertz CT molecular complexity index is 791. The highest BCUT2D eigenvalue weighted by Gasteiger charge is 2.24. The van der Waals surface area contributed by atoms with E-state index in [9.17, 15) is 0 Å². The summed E-state index contributed by atoms with van der Waals surface area (Å²) in [5.41, 5.74) is 1.10. The Hall–Kier alpha value is -2.54. The van der Waals surface area contributed by atoms with Crippen LogP contribution in [0.3, 0.4) is 0 Å². The molecule has 1 fully saturated rings. The van der Waals surface area contributed by atoms with Crippen LogP contribution < -0.4 is 19.7 Å². The summed E-state index contributed by atoms with van der Waals surface area (Å²) in [4.78, 5) is 11.0. The standard InChI is InChI=1S/C20H26N4O3/c1-20(2,15-3-4-16-17(11-15)27-10-9-26-16)13-21-18-12-19(23-14-22-18)24-5-7-25-8-6-24/h3-4,11-12,14H,5-10,13H2,1-2H3,(H,21,22,23). The van der Waals surface area contributed by atoms with Gasteiger partial charge in [0, 0.05) is 31.1 Å². The van der Waals surface area contributed by atoms with Crippen molar-refractivity contribution in [2.75, 3.05) is 56.3 Å². The molecule has 2 aliphatic heterocycles. The molecule has 7 nitrogen and oxygen atoms in total. The molecule has 0 radical (unpaired) electrons. The monoisotopic (exact) mass is 370 g/mol. The van der Waals surface area contributed by atoms with Crippen molar-refractivity contribution in [3.63, 3.8) is 0 Å². The van der Waals surface area contributed by atoms with E-state index in [0.29, 0.717) is 13.2 Å². The second-order valence-electron chi connectivity index (χ2n) is 7.46. The van der Waals surface area contributed by atoms with Crippen molar-refractivity contribution in [1.29, 1.82) is 0 Å². The molecule has 1 aromatic heterocycles. The topological polar surface area (TPSA) is 68.7 Å². The van der Waals surface area contributed by atoms with Crippen LogP contribution in [-0.4, -0.2) is 56.0 Å². The van der Waals surface area contributed by atoms with Gasteiger partial charge in [-0.05, 0) is 17.7 Å². The second-order valence-corrected chi connectivity index (χ2v) is 7.46. The number of anilines is 2. The van der Waals surface area contributed by atoms with Crippen LogP contribution in [0, 0.1) is 0 Å². The van der Waals surface area contributed by atoms with E-state index in [1.54, 1.807) is 6.33 Å². The molecule has 0 atom stereocenters. The van der Waals surface area contributed by atoms with Crippen LogP contribution in [0.5, 0.6) is 11.5 Å². The summed E-state index contributed by atoms with van der Waals surface area (Å²) < 4.78 is 16.8. The molecule has 1 saturated heterocycles. The van der Waals surface area contributed by atoms with E-state index < -0.39 is 0 Å². The van der Waals surface area contributed by atoms with E-state index in [1.165, 1.54) is 5.56 Å². The molecule has 2 aromatic rings. The van der Waals surface area contributed by atoms with Gasteiger partial charge in [-0.2, -0.15) is 0 Å². The van der Waals surface area contributed by atoms with E-state index in [0.717, 1.165) is 56.0 Å². The number of nitrogens with zero attached hydrogens (tertiary/aromatic N) is 3. The molecule has 27 heavy (non-hydrogen) atoms. The first-order valence-electron chi connectivity index (χ1n) is 9.41. The molecule has 0 amide bonds. The zero-order chi connectivity index (χ0) is 18.7. The van der Waals surface area contributed by atoms with Crippen LogP contribution in [0.15, 0.2) is 30.6 Å². The van der Waals surface area contributed by atoms with Gasteiger partial charge < -0.3 is 24.4 Å². The van der Waals surface area contributed by atoms with Crippen molar-refractivity contribution in [3.05, 3.63) is 36.2 Å². The highest BCUT2D eigenvalue weighted by atomic mass is 16.6. The quantitative estimate of drug-likeness (QED) is 0.867. The molecule has 2 aliphatic rings. The van der Waals surface area contributed by atoms with Gasteiger partial charge in [0.2, 0.25) is 0 Å². The summed E-state index contributed by atoms with van der Waals surface area (Å²) >= 11 is 0. The van der Waals surface area contributed by atoms with Gasteiger partial charge in [0.05, 0.1) is 13.2 Å². The van der Waals surface area contributed by atoms with Crippen LogP contribution in [0.2, 0.25) is 0 Å². The molecule has 0 unspecified atom stereocenters. The molecule has 3 heterocycles. The first-order chi connectivity index (χ1) is 13.1. The van der Waals surface area contributed by atoms with Gasteiger partial charge in [-0.25, -0.2) is 9.97 Å². The van der Waals surface area contributed by atoms with E-state index in [2.05, 4.69) is 46.2 Å². The fourth-order valence-corrected chi connectivity index (χ4v) is 3.29. The van der Waals surface area contributed by atoms with Crippen LogP contribution in [0.25, 0.3) is 0 Å². The molecule has 0 saturated carbocycles. The number of morpholine rings is 1. The van der Waals surface area contributed by atoms with Crippen LogP contribution in [-0.2, 0) is 10.2 Å². The summed E-state index contributed by atoms with van der Waals surface area (Å²) in [6.07, 6.45) is 1.62. The maximum Gasteiger partial charge on any atom is 0.161 e. The minimum absolute atomic E-state index is 0.0973. The number of ether oxygens (including phenoxy) is 3. The Labute approximate surface area is 159 Å². The fourth-order valence-electron chi connectivity index (χ4n) is 3.29. The van der Waals surface area contributed by atoms with Gasteiger partial charge in [0.15, 0.2) is 11.5 Å². The van der Waals surface area contributed by atoms with Crippen molar-refractivity contribution in [3.8, 4) is 11.5 Å². The average molecular weight is 370 g/mol. The van der Waals surface area contributed by atoms with Gasteiger partial charge >= 0.3 is 0 Å². The predicted octanol–water partition coefficient (Wildman–Crippen LogP) is 2.47. The highest BCUT2D eigenvalue weighted by Crippen LogP contribution is 2.35. The number of aromatic nitrogens is 2. The zero-order valence-corrected chi connectivity index (χ0v) is 15.9. The highest BCUT2D eigenvalue weighted by molar-refractivity contribution is 5.50. The van der Waals surface area contributed by atoms with Gasteiger partial charge in [-0.15, -0.1) is 0 Å². The molecule has 144 valence electrons. The van der Waals surface area contributed by atoms with E-state index in [1.807, 2.05) is 12.1 Å². The lowest BCUT2D eigenvalue weighted by atomic mass is 9.84. The summed E-state index contributed by atoms with van der Waals surface area (Å²) in [7, 11) is 0. The normalized spacial score (nSPS) is 16.9. The maximum absolute atomic E-state index is 5.72. The van der Waals surface area contributed by atoms with E-state index >= 15 is 0 Å². The number of nitrogens with one attached hydrogen (secondary N) is 1. The van der Waals surface area contributed by atoms with Gasteiger partial charge in [-0.1, -0.05) is 19.9 Å². The Morgan fingerprint density at radius 2 is 1.78 bits per heavy atom. The molecule has 0 bridgehead atoms. The molecular formula is C20H26N4O3. The molecule has 0 aliphatic carbocycles. The summed E-state index contributed by atoms with van der Waals surface area (Å²) in [6.45, 7) is 9.56. The molecular weight excluding hydrogens is 344 g/mol. The van der Waals surface area contributed by atoms with Gasteiger partial charge in [-0.3, -0.25) is 0 Å². The Morgan fingerprint density at radius 3 is 2.59 bits per heavy atom. The molecule has 1 N–H and O–H groups in total. The zero-order valence-electron chi connectivity index (χ0n) is 15.9. The van der Waals surface area contributed by atoms with Gasteiger partial charge in [0.1, 0.15) is 31.2 Å². The number of rotatable bonds is 5. The van der Waals surface area contributed by atoms with Gasteiger partial charge in [0.25, 0.3) is 0 Å². The van der Waals surface area contributed by atoms with Crippen molar-refractivity contribution in [1.82, 2.24) is 9.97 Å². The molecule has 4 rings (SSSR count). The third-order valence-electron chi connectivity index (χ3n) is 5.02. The SMILES string of the molecule is CC(C)(CNc1cc(N2CCOCC2)ncn1)c1ccc2c(c1)OCCO2. The minimum atomic E-state index is -0.0973. The Morgan fingerprint density at radius 1 is 1.00 bits per heavy atom. The summed E-state index contributed by atoms with van der Waals surface area (Å²) in [5.74, 6) is 3.41. The van der Waals surface area contributed by atoms with Crippen molar-refractivity contribution < 1.29 is 14.2 Å². The lowest BCUT2D eigenvalue weighted by molar-refractivity contribution is 0.122. The van der Waals surface area contributed by atoms with E-state index in [4.69, 9.17) is 14.2 Å². The minimum Gasteiger partial charge on any atom is -0.486 e. The number of fused-ring (bicyclic) bond motifs is 1. The predicted molar refractivity (Wildman–Crippen MR) is 104 cm³/mol. The van der Waals surface area contributed by atoms with Crippen LogP contribution >= 0.6 is 0 Å². The molecule has 0 spiro atoms. The smallest absolute Gasteiger partial charge is 0.161 e. The first kappa shape index (κ1) is 17.9.